The molecule has 1 aliphatic heterocycles. The first-order valence-corrected chi connectivity index (χ1v) is 7.04. The third-order valence-corrected chi connectivity index (χ3v) is 3.49. The molecule has 1 fully saturated rings. The number of hydrogen-bond acceptors (Lipinski definition) is 5. The fraction of sp³-hybridized carbons (Fsp3) is 0.533. The molecule has 124 valence electrons. The standard InChI is InChI=1S/C15H22N2O4.ClH/c1-19-9-10-21-13-4-2-3-12(11-13)17-14(18)15(16)5-7-20-8-6-15;/h2-4,11H,5-10,16H2,1H3,(H,17,18);1H. The predicted octanol–water partition coefficient (Wildman–Crippen LogP) is 1.58. The summed E-state index contributed by atoms with van der Waals surface area (Å²) in [5, 5.41) is 2.85. The van der Waals surface area contributed by atoms with E-state index in [0.29, 0.717) is 50.7 Å². The smallest absolute Gasteiger partial charge is 0.244 e. The summed E-state index contributed by atoms with van der Waals surface area (Å²) in [7, 11) is 1.62. The number of anilines is 1. The van der Waals surface area contributed by atoms with Crippen LogP contribution in [-0.4, -0.2) is 45.0 Å². The molecular weight excluding hydrogens is 308 g/mol. The van der Waals surface area contributed by atoms with Gasteiger partial charge in [-0.1, -0.05) is 6.07 Å². The Morgan fingerprint density at radius 1 is 1.36 bits per heavy atom. The Morgan fingerprint density at radius 2 is 2.09 bits per heavy atom. The summed E-state index contributed by atoms with van der Waals surface area (Å²) in [5.74, 6) is 0.503. The van der Waals surface area contributed by atoms with Crippen molar-refractivity contribution in [3.63, 3.8) is 0 Å². The van der Waals surface area contributed by atoms with E-state index in [1.54, 1.807) is 13.2 Å². The van der Waals surface area contributed by atoms with Gasteiger partial charge in [-0.15, -0.1) is 12.4 Å². The Kier molecular flexibility index (Phi) is 7.61. The van der Waals surface area contributed by atoms with Gasteiger partial charge in [0.2, 0.25) is 5.91 Å². The Bertz CT molecular complexity index is 478. The fourth-order valence-corrected chi connectivity index (χ4v) is 2.12. The van der Waals surface area contributed by atoms with Gasteiger partial charge in [-0.2, -0.15) is 0 Å². The molecule has 1 aromatic rings. The van der Waals surface area contributed by atoms with Gasteiger partial charge in [0.25, 0.3) is 0 Å². The summed E-state index contributed by atoms with van der Waals surface area (Å²) < 4.78 is 15.7. The molecule has 22 heavy (non-hydrogen) atoms. The molecule has 7 heteroatoms. The normalized spacial score (nSPS) is 16.5. The first-order chi connectivity index (χ1) is 10.1. The van der Waals surface area contributed by atoms with Crippen LogP contribution in [0.2, 0.25) is 0 Å². The molecule has 0 bridgehead atoms. The van der Waals surface area contributed by atoms with Crippen LogP contribution in [0.3, 0.4) is 0 Å². The van der Waals surface area contributed by atoms with Crippen molar-refractivity contribution < 1.29 is 19.0 Å². The SMILES string of the molecule is COCCOc1cccc(NC(=O)C2(N)CCOCC2)c1.Cl. The molecule has 0 aliphatic carbocycles. The second-order valence-corrected chi connectivity index (χ2v) is 5.09. The lowest BCUT2D eigenvalue weighted by atomic mass is 9.90. The molecule has 1 amide bonds. The van der Waals surface area contributed by atoms with Gasteiger partial charge in [-0.3, -0.25) is 4.79 Å². The van der Waals surface area contributed by atoms with Gasteiger partial charge in [0, 0.05) is 32.1 Å². The highest BCUT2D eigenvalue weighted by molar-refractivity contribution is 5.98. The number of halogens is 1. The maximum absolute atomic E-state index is 12.3. The van der Waals surface area contributed by atoms with E-state index in [2.05, 4.69) is 5.32 Å². The molecule has 0 radical (unpaired) electrons. The quantitative estimate of drug-likeness (QED) is 0.774. The van der Waals surface area contributed by atoms with Crippen LogP contribution in [0.5, 0.6) is 5.75 Å². The van der Waals surface area contributed by atoms with Gasteiger partial charge in [-0.25, -0.2) is 0 Å². The van der Waals surface area contributed by atoms with Crippen molar-refractivity contribution in [3.05, 3.63) is 24.3 Å². The van der Waals surface area contributed by atoms with Crippen molar-refractivity contribution in [1.29, 1.82) is 0 Å². The van der Waals surface area contributed by atoms with Crippen LogP contribution in [0.1, 0.15) is 12.8 Å². The summed E-state index contributed by atoms with van der Waals surface area (Å²) >= 11 is 0. The van der Waals surface area contributed by atoms with E-state index >= 15 is 0 Å². The van der Waals surface area contributed by atoms with Crippen molar-refractivity contribution in [3.8, 4) is 5.75 Å². The number of carbonyl (C=O) groups excluding carboxylic acids is 1. The van der Waals surface area contributed by atoms with E-state index in [1.165, 1.54) is 0 Å². The van der Waals surface area contributed by atoms with Gasteiger partial charge >= 0.3 is 0 Å². The van der Waals surface area contributed by atoms with Gasteiger partial charge in [0.1, 0.15) is 17.9 Å². The zero-order valence-electron chi connectivity index (χ0n) is 12.7. The molecule has 2 rings (SSSR count). The molecule has 0 unspecified atom stereocenters. The van der Waals surface area contributed by atoms with Crippen molar-refractivity contribution >= 4 is 24.0 Å². The minimum atomic E-state index is -0.856. The Labute approximate surface area is 136 Å². The monoisotopic (exact) mass is 330 g/mol. The van der Waals surface area contributed by atoms with Crippen LogP contribution < -0.4 is 15.8 Å². The minimum absolute atomic E-state index is 0. The van der Waals surface area contributed by atoms with E-state index in [9.17, 15) is 4.79 Å². The number of ether oxygens (including phenoxy) is 3. The van der Waals surface area contributed by atoms with Crippen LogP contribution in [0.4, 0.5) is 5.69 Å². The number of carbonyl (C=O) groups is 1. The molecule has 0 spiro atoms. The number of rotatable bonds is 6. The first-order valence-electron chi connectivity index (χ1n) is 7.04. The third-order valence-electron chi connectivity index (χ3n) is 3.49. The molecule has 1 heterocycles. The number of nitrogens with one attached hydrogen (secondary N) is 1. The lowest BCUT2D eigenvalue weighted by molar-refractivity contribution is -0.124. The first kappa shape index (κ1) is 18.7. The van der Waals surface area contributed by atoms with E-state index in [4.69, 9.17) is 19.9 Å². The summed E-state index contributed by atoms with van der Waals surface area (Å²) in [6.45, 7) is 2.02. The lowest BCUT2D eigenvalue weighted by Gasteiger charge is -2.31. The summed E-state index contributed by atoms with van der Waals surface area (Å²) in [6.07, 6.45) is 1.06. The zero-order valence-corrected chi connectivity index (χ0v) is 13.5. The number of nitrogens with two attached hydrogens (primary N) is 1. The topological polar surface area (TPSA) is 82.8 Å². The maximum Gasteiger partial charge on any atom is 0.244 e. The Morgan fingerprint density at radius 3 is 2.77 bits per heavy atom. The highest BCUT2D eigenvalue weighted by atomic mass is 35.5. The van der Waals surface area contributed by atoms with Gasteiger partial charge in [0.15, 0.2) is 0 Å². The summed E-state index contributed by atoms with van der Waals surface area (Å²) in [6, 6.07) is 7.24. The van der Waals surface area contributed by atoms with Crippen LogP contribution in [0, 0.1) is 0 Å². The average Bonchev–Trinajstić information content (AvgIpc) is 2.49. The van der Waals surface area contributed by atoms with Crippen molar-refractivity contribution in [2.24, 2.45) is 5.73 Å². The van der Waals surface area contributed by atoms with Gasteiger partial charge in [0.05, 0.1) is 6.61 Å². The van der Waals surface area contributed by atoms with Crippen molar-refractivity contribution in [1.82, 2.24) is 0 Å². The highest BCUT2D eigenvalue weighted by Gasteiger charge is 2.35. The van der Waals surface area contributed by atoms with Crippen LogP contribution in [0.25, 0.3) is 0 Å². The lowest BCUT2D eigenvalue weighted by Crippen LogP contribution is -2.54. The molecule has 1 aromatic carbocycles. The van der Waals surface area contributed by atoms with Crippen LogP contribution in [-0.2, 0) is 14.3 Å². The van der Waals surface area contributed by atoms with Crippen LogP contribution in [0.15, 0.2) is 24.3 Å². The number of amides is 1. The maximum atomic E-state index is 12.3. The molecule has 0 saturated carbocycles. The Balaban J connectivity index is 0.00000242. The molecule has 1 saturated heterocycles. The number of benzene rings is 1. The molecule has 0 atom stereocenters. The summed E-state index contributed by atoms with van der Waals surface area (Å²) in [4.78, 5) is 12.3. The highest BCUT2D eigenvalue weighted by Crippen LogP contribution is 2.22. The molecular formula is C15H23ClN2O4. The molecule has 0 aromatic heterocycles. The van der Waals surface area contributed by atoms with E-state index in [-0.39, 0.29) is 18.3 Å². The number of hydrogen-bond donors (Lipinski definition) is 2. The second-order valence-electron chi connectivity index (χ2n) is 5.09. The predicted molar refractivity (Wildman–Crippen MR) is 86.7 cm³/mol. The molecule has 1 aliphatic rings. The zero-order chi connectivity index (χ0) is 15.1. The van der Waals surface area contributed by atoms with Crippen molar-refractivity contribution in [2.45, 2.75) is 18.4 Å². The minimum Gasteiger partial charge on any atom is -0.491 e. The van der Waals surface area contributed by atoms with E-state index in [1.807, 2.05) is 18.2 Å². The summed E-state index contributed by atoms with van der Waals surface area (Å²) in [5.41, 5.74) is 5.96. The van der Waals surface area contributed by atoms with E-state index < -0.39 is 5.54 Å². The molecule has 3 N–H and O–H groups in total. The van der Waals surface area contributed by atoms with Gasteiger partial charge < -0.3 is 25.3 Å². The largest absolute Gasteiger partial charge is 0.491 e. The molecule has 6 nitrogen and oxygen atoms in total. The van der Waals surface area contributed by atoms with Gasteiger partial charge in [-0.05, 0) is 25.0 Å². The average molecular weight is 331 g/mol. The third kappa shape index (κ3) is 5.14. The van der Waals surface area contributed by atoms with Crippen molar-refractivity contribution in [2.75, 3.05) is 38.9 Å². The number of methoxy groups -OCH3 is 1. The second kappa shape index (κ2) is 8.95. The van der Waals surface area contributed by atoms with Crippen LogP contribution >= 0.6 is 12.4 Å². The fourth-order valence-electron chi connectivity index (χ4n) is 2.12. The van der Waals surface area contributed by atoms with E-state index in [0.717, 1.165) is 0 Å². The Hall–Kier alpha value is -1.34.